The fraction of sp³-hybridized carbons (Fsp3) is 0.500. The van der Waals surface area contributed by atoms with Crippen molar-refractivity contribution in [2.75, 3.05) is 18.8 Å². The van der Waals surface area contributed by atoms with Crippen molar-refractivity contribution in [2.45, 2.75) is 32.3 Å². The number of benzene rings is 1. The Balaban J connectivity index is 1.96. The van der Waals surface area contributed by atoms with Gasteiger partial charge < -0.3 is 15.4 Å². The number of para-hydroxylation sites is 2. The molecule has 1 saturated heterocycles. The quantitative estimate of drug-likeness (QED) is 0.833. The van der Waals surface area contributed by atoms with E-state index in [2.05, 4.69) is 0 Å². The Morgan fingerprint density at radius 2 is 1.94 bits per heavy atom. The number of carbonyl (C=O) groups is 1. The van der Waals surface area contributed by atoms with Gasteiger partial charge in [0, 0.05) is 13.1 Å². The number of hydrogen-bond donors (Lipinski definition) is 1. The number of carbonyl (C=O) groups excluding carboxylic acids is 1. The molecule has 2 N–H and O–H groups in total. The fourth-order valence-corrected chi connectivity index (χ4v) is 2.20. The van der Waals surface area contributed by atoms with Crippen molar-refractivity contribution in [2.24, 2.45) is 0 Å². The van der Waals surface area contributed by atoms with Crippen molar-refractivity contribution in [1.29, 1.82) is 0 Å². The summed E-state index contributed by atoms with van der Waals surface area (Å²) < 4.78 is 5.64. The molecular weight excluding hydrogens is 228 g/mol. The van der Waals surface area contributed by atoms with Crippen LogP contribution in [-0.4, -0.2) is 30.0 Å². The zero-order chi connectivity index (χ0) is 13.0. The van der Waals surface area contributed by atoms with Crippen molar-refractivity contribution in [3.63, 3.8) is 0 Å². The number of rotatable bonds is 3. The molecule has 4 heteroatoms. The van der Waals surface area contributed by atoms with Crippen LogP contribution in [0.2, 0.25) is 0 Å². The number of nitrogens with two attached hydrogens (primary N) is 1. The topological polar surface area (TPSA) is 55.6 Å². The van der Waals surface area contributed by atoms with Crippen LogP contribution >= 0.6 is 0 Å². The molecule has 1 atom stereocenters. The zero-order valence-corrected chi connectivity index (χ0v) is 10.8. The molecule has 1 aromatic carbocycles. The molecule has 1 amide bonds. The lowest BCUT2D eigenvalue weighted by Crippen LogP contribution is -2.43. The van der Waals surface area contributed by atoms with Crippen molar-refractivity contribution in [1.82, 2.24) is 4.90 Å². The van der Waals surface area contributed by atoms with E-state index in [1.54, 1.807) is 19.1 Å². The Bertz CT molecular complexity index is 414. The lowest BCUT2D eigenvalue weighted by molar-refractivity contribution is -0.138. The van der Waals surface area contributed by atoms with E-state index in [4.69, 9.17) is 10.5 Å². The van der Waals surface area contributed by atoms with Gasteiger partial charge in [-0.15, -0.1) is 0 Å². The number of anilines is 1. The van der Waals surface area contributed by atoms with E-state index in [1.165, 1.54) is 6.42 Å². The van der Waals surface area contributed by atoms with Gasteiger partial charge in [0.05, 0.1) is 5.69 Å². The molecule has 0 saturated carbocycles. The number of piperidine rings is 1. The summed E-state index contributed by atoms with van der Waals surface area (Å²) in [6.07, 6.45) is 2.91. The van der Waals surface area contributed by atoms with Gasteiger partial charge in [-0.25, -0.2) is 0 Å². The molecule has 1 aliphatic heterocycles. The average Bonchev–Trinajstić information content (AvgIpc) is 2.41. The Hall–Kier alpha value is -1.71. The second-order valence-corrected chi connectivity index (χ2v) is 4.68. The highest BCUT2D eigenvalue weighted by Crippen LogP contribution is 2.22. The highest BCUT2D eigenvalue weighted by Gasteiger charge is 2.23. The maximum atomic E-state index is 12.2. The smallest absolute Gasteiger partial charge is 0.263 e. The molecule has 1 unspecified atom stereocenters. The predicted molar refractivity (Wildman–Crippen MR) is 71.4 cm³/mol. The molecule has 1 fully saturated rings. The fourth-order valence-electron chi connectivity index (χ4n) is 2.20. The van der Waals surface area contributed by atoms with Gasteiger partial charge in [-0.3, -0.25) is 4.79 Å². The van der Waals surface area contributed by atoms with E-state index in [1.807, 2.05) is 17.0 Å². The molecule has 98 valence electrons. The summed E-state index contributed by atoms with van der Waals surface area (Å²) in [4.78, 5) is 14.1. The van der Waals surface area contributed by atoms with Crippen molar-refractivity contribution < 1.29 is 9.53 Å². The summed E-state index contributed by atoms with van der Waals surface area (Å²) in [6, 6.07) is 7.26. The Morgan fingerprint density at radius 3 is 2.61 bits per heavy atom. The minimum absolute atomic E-state index is 0.0537. The summed E-state index contributed by atoms with van der Waals surface area (Å²) in [6.45, 7) is 3.47. The van der Waals surface area contributed by atoms with E-state index in [0.717, 1.165) is 25.9 Å². The molecule has 2 rings (SSSR count). The highest BCUT2D eigenvalue weighted by atomic mass is 16.5. The lowest BCUT2D eigenvalue weighted by atomic mass is 10.1. The third-order valence-electron chi connectivity index (χ3n) is 3.24. The molecule has 0 radical (unpaired) electrons. The van der Waals surface area contributed by atoms with E-state index in [9.17, 15) is 4.79 Å². The summed E-state index contributed by atoms with van der Waals surface area (Å²) >= 11 is 0. The van der Waals surface area contributed by atoms with Crippen LogP contribution in [0.4, 0.5) is 5.69 Å². The molecule has 18 heavy (non-hydrogen) atoms. The number of hydrogen-bond acceptors (Lipinski definition) is 3. The second-order valence-electron chi connectivity index (χ2n) is 4.68. The van der Waals surface area contributed by atoms with Crippen LogP contribution < -0.4 is 10.5 Å². The lowest BCUT2D eigenvalue weighted by Gasteiger charge is -2.29. The Kier molecular flexibility index (Phi) is 4.07. The van der Waals surface area contributed by atoms with Crippen LogP contribution in [0.25, 0.3) is 0 Å². The van der Waals surface area contributed by atoms with E-state index < -0.39 is 6.10 Å². The molecule has 0 aliphatic carbocycles. The monoisotopic (exact) mass is 248 g/mol. The molecule has 1 aromatic rings. The first-order chi connectivity index (χ1) is 8.68. The van der Waals surface area contributed by atoms with E-state index >= 15 is 0 Å². The number of ether oxygens (including phenoxy) is 1. The molecule has 0 aromatic heterocycles. The molecule has 0 spiro atoms. The maximum Gasteiger partial charge on any atom is 0.263 e. The van der Waals surface area contributed by atoms with Gasteiger partial charge in [-0.2, -0.15) is 0 Å². The number of amides is 1. The van der Waals surface area contributed by atoms with Crippen molar-refractivity contribution in [3.05, 3.63) is 24.3 Å². The molecule has 1 aliphatic rings. The van der Waals surface area contributed by atoms with Gasteiger partial charge >= 0.3 is 0 Å². The standard InChI is InChI=1S/C14H20N2O2/c1-11(14(17)16-9-5-2-6-10-16)18-13-8-4-3-7-12(13)15/h3-4,7-8,11H,2,5-6,9-10,15H2,1H3. The second kappa shape index (κ2) is 5.76. The van der Waals surface area contributed by atoms with E-state index in [-0.39, 0.29) is 5.91 Å². The van der Waals surface area contributed by atoms with Crippen LogP contribution in [0.15, 0.2) is 24.3 Å². The molecular formula is C14H20N2O2. The number of likely N-dealkylation sites (tertiary alicyclic amines) is 1. The Labute approximate surface area is 108 Å². The number of nitrogens with zero attached hydrogens (tertiary/aromatic N) is 1. The summed E-state index contributed by atoms with van der Waals surface area (Å²) in [5, 5.41) is 0. The zero-order valence-electron chi connectivity index (χ0n) is 10.8. The Morgan fingerprint density at radius 1 is 1.28 bits per heavy atom. The number of nitrogen functional groups attached to an aromatic ring is 1. The minimum atomic E-state index is -0.479. The molecule has 4 nitrogen and oxygen atoms in total. The van der Waals surface area contributed by atoms with Gasteiger partial charge in [-0.1, -0.05) is 12.1 Å². The van der Waals surface area contributed by atoms with Crippen molar-refractivity contribution >= 4 is 11.6 Å². The first-order valence-corrected chi connectivity index (χ1v) is 6.48. The summed E-state index contributed by atoms with van der Waals surface area (Å²) in [5.41, 5.74) is 6.36. The van der Waals surface area contributed by atoms with Gasteiger partial charge in [0.2, 0.25) is 0 Å². The highest BCUT2D eigenvalue weighted by molar-refractivity contribution is 5.81. The third kappa shape index (κ3) is 2.94. The van der Waals surface area contributed by atoms with Crippen LogP contribution in [0.3, 0.4) is 0 Å². The van der Waals surface area contributed by atoms with Crippen LogP contribution in [0.5, 0.6) is 5.75 Å². The predicted octanol–water partition coefficient (Wildman–Crippen LogP) is 2.05. The third-order valence-corrected chi connectivity index (χ3v) is 3.24. The first kappa shape index (κ1) is 12.7. The normalized spacial score (nSPS) is 17.3. The summed E-state index contributed by atoms with van der Waals surface area (Å²) in [7, 11) is 0. The first-order valence-electron chi connectivity index (χ1n) is 6.48. The summed E-state index contributed by atoms with van der Waals surface area (Å²) in [5.74, 6) is 0.633. The van der Waals surface area contributed by atoms with Crippen LogP contribution in [-0.2, 0) is 4.79 Å². The minimum Gasteiger partial charge on any atom is -0.479 e. The van der Waals surface area contributed by atoms with Gasteiger partial charge in [-0.05, 0) is 38.3 Å². The molecule has 0 bridgehead atoms. The van der Waals surface area contributed by atoms with Gasteiger partial charge in [0.15, 0.2) is 6.10 Å². The van der Waals surface area contributed by atoms with Crippen LogP contribution in [0.1, 0.15) is 26.2 Å². The maximum absolute atomic E-state index is 12.2. The SMILES string of the molecule is CC(Oc1ccccc1N)C(=O)N1CCCCC1. The molecule has 1 heterocycles. The van der Waals surface area contributed by atoms with Crippen LogP contribution in [0, 0.1) is 0 Å². The van der Waals surface area contributed by atoms with Gasteiger partial charge in [0.1, 0.15) is 5.75 Å². The van der Waals surface area contributed by atoms with Gasteiger partial charge in [0.25, 0.3) is 5.91 Å². The van der Waals surface area contributed by atoms with E-state index in [0.29, 0.717) is 11.4 Å². The average molecular weight is 248 g/mol. The van der Waals surface area contributed by atoms with Crippen molar-refractivity contribution in [3.8, 4) is 5.75 Å². The largest absolute Gasteiger partial charge is 0.479 e.